The molecular formula is C19H26FN3O3. The number of halogens is 1. The molecule has 1 N–H and O–H groups in total. The zero-order valence-corrected chi connectivity index (χ0v) is 15.3. The van der Waals surface area contributed by atoms with Crippen LogP contribution in [0.2, 0.25) is 0 Å². The molecule has 1 aromatic rings. The molecule has 2 heterocycles. The van der Waals surface area contributed by atoms with Crippen molar-refractivity contribution in [1.29, 1.82) is 0 Å². The molecule has 26 heavy (non-hydrogen) atoms. The van der Waals surface area contributed by atoms with Crippen molar-refractivity contribution >= 4 is 12.0 Å². The number of carbonyl (C=O) groups is 2. The molecular weight excluding hydrogens is 337 g/mol. The number of aryl methyl sites for hydroxylation is 1. The summed E-state index contributed by atoms with van der Waals surface area (Å²) in [6.45, 7) is 6.94. The van der Waals surface area contributed by atoms with Crippen molar-refractivity contribution in [3.8, 4) is 0 Å². The van der Waals surface area contributed by atoms with Gasteiger partial charge in [0, 0.05) is 45.7 Å². The largest absolute Gasteiger partial charge is 0.465 e. The topological polar surface area (TPSA) is 64.1 Å². The molecule has 2 atom stereocenters. The number of likely N-dealkylation sites (tertiary alicyclic amines) is 1. The number of rotatable bonds is 2. The van der Waals surface area contributed by atoms with Crippen molar-refractivity contribution in [1.82, 2.24) is 14.7 Å². The van der Waals surface area contributed by atoms with Crippen LogP contribution < -0.4 is 0 Å². The normalized spacial score (nSPS) is 24.6. The number of nitrogens with zero attached hydrogens (tertiary/aromatic N) is 3. The third-order valence-corrected chi connectivity index (χ3v) is 5.69. The highest BCUT2D eigenvalue weighted by atomic mass is 19.1. The van der Waals surface area contributed by atoms with Crippen LogP contribution in [0.15, 0.2) is 18.2 Å². The Balaban J connectivity index is 1.76. The molecule has 1 aromatic carbocycles. The van der Waals surface area contributed by atoms with E-state index in [1.807, 2.05) is 11.8 Å². The average molecular weight is 363 g/mol. The fourth-order valence-corrected chi connectivity index (χ4v) is 4.22. The van der Waals surface area contributed by atoms with Crippen LogP contribution in [0, 0.1) is 12.7 Å². The first-order valence-corrected chi connectivity index (χ1v) is 9.12. The molecule has 0 bridgehead atoms. The number of carboxylic acid groups (broad SMARTS) is 1. The first-order chi connectivity index (χ1) is 12.4. The standard InChI is InChI=1S/C19H26FN3O3/c1-13-11-15(20)3-4-17(13)18-12-16(5-6-23(18)19(25)26)22-9-7-21(8-10-22)14(2)24/h3-4,11,16,18H,5-10,12H2,1-2H3,(H,25,26)/t16-,18?/m0/s1. The summed E-state index contributed by atoms with van der Waals surface area (Å²) < 4.78 is 13.5. The molecule has 0 aliphatic carbocycles. The highest BCUT2D eigenvalue weighted by Gasteiger charge is 2.36. The summed E-state index contributed by atoms with van der Waals surface area (Å²) in [5, 5.41) is 9.60. The van der Waals surface area contributed by atoms with E-state index in [4.69, 9.17) is 0 Å². The van der Waals surface area contributed by atoms with Crippen LogP contribution in [-0.4, -0.2) is 70.6 Å². The number of hydrogen-bond donors (Lipinski definition) is 1. The molecule has 0 spiro atoms. The number of benzene rings is 1. The lowest BCUT2D eigenvalue weighted by atomic mass is 9.88. The molecule has 2 fully saturated rings. The Morgan fingerprint density at radius 2 is 1.85 bits per heavy atom. The predicted octanol–water partition coefficient (Wildman–Crippen LogP) is 2.48. The number of amides is 2. The fraction of sp³-hybridized carbons (Fsp3) is 0.579. The number of carbonyl (C=O) groups excluding carboxylic acids is 1. The van der Waals surface area contributed by atoms with Crippen molar-refractivity contribution in [3.05, 3.63) is 35.1 Å². The molecule has 0 radical (unpaired) electrons. The maximum absolute atomic E-state index is 13.5. The molecule has 2 aliphatic heterocycles. The zero-order chi connectivity index (χ0) is 18.8. The van der Waals surface area contributed by atoms with E-state index in [0.29, 0.717) is 26.1 Å². The number of piperidine rings is 1. The SMILES string of the molecule is CC(=O)N1CCN([C@H]2CCN(C(=O)O)C(c3ccc(F)cc3C)C2)CC1. The zero-order valence-electron chi connectivity index (χ0n) is 15.3. The lowest BCUT2D eigenvalue weighted by Crippen LogP contribution is -2.55. The minimum Gasteiger partial charge on any atom is -0.465 e. The van der Waals surface area contributed by atoms with E-state index < -0.39 is 6.09 Å². The van der Waals surface area contributed by atoms with E-state index in [0.717, 1.165) is 30.6 Å². The van der Waals surface area contributed by atoms with Crippen LogP contribution in [0.5, 0.6) is 0 Å². The van der Waals surface area contributed by atoms with Crippen molar-refractivity contribution in [2.24, 2.45) is 0 Å². The second kappa shape index (κ2) is 7.61. The first-order valence-electron chi connectivity index (χ1n) is 9.12. The Kier molecular flexibility index (Phi) is 5.46. The van der Waals surface area contributed by atoms with Gasteiger partial charge in [0.2, 0.25) is 5.91 Å². The molecule has 1 unspecified atom stereocenters. The van der Waals surface area contributed by atoms with Gasteiger partial charge in [0.1, 0.15) is 5.82 Å². The van der Waals surface area contributed by atoms with E-state index in [-0.39, 0.29) is 23.8 Å². The van der Waals surface area contributed by atoms with Gasteiger partial charge in [0.15, 0.2) is 0 Å². The molecule has 0 aromatic heterocycles. The van der Waals surface area contributed by atoms with Gasteiger partial charge in [-0.1, -0.05) is 6.07 Å². The Morgan fingerprint density at radius 3 is 2.42 bits per heavy atom. The Hall–Kier alpha value is -2.15. The van der Waals surface area contributed by atoms with Gasteiger partial charge in [-0.2, -0.15) is 0 Å². The summed E-state index contributed by atoms with van der Waals surface area (Å²) in [7, 11) is 0. The summed E-state index contributed by atoms with van der Waals surface area (Å²) >= 11 is 0. The van der Waals surface area contributed by atoms with E-state index in [1.165, 1.54) is 17.0 Å². The number of piperazine rings is 1. The van der Waals surface area contributed by atoms with Crippen LogP contribution in [0.1, 0.15) is 36.9 Å². The van der Waals surface area contributed by atoms with Crippen LogP contribution in [-0.2, 0) is 4.79 Å². The summed E-state index contributed by atoms with van der Waals surface area (Å²) in [4.78, 5) is 28.9. The van der Waals surface area contributed by atoms with Gasteiger partial charge in [-0.25, -0.2) is 9.18 Å². The van der Waals surface area contributed by atoms with Crippen LogP contribution in [0.3, 0.4) is 0 Å². The van der Waals surface area contributed by atoms with E-state index in [9.17, 15) is 19.1 Å². The van der Waals surface area contributed by atoms with Crippen molar-refractivity contribution in [2.75, 3.05) is 32.7 Å². The minimum atomic E-state index is -0.932. The summed E-state index contributed by atoms with van der Waals surface area (Å²) in [5.74, 6) is -0.203. The molecule has 2 amide bonds. The van der Waals surface area contributed by atoms with Gasteiger partial charge in [-0.05, 0) is 43.0 Å². The fourth-order valence-electron chi connectivity index (χ4n) is 4.22. The highest BCUT2D eigenvalue weighted by molar-refractivity contribution is 5.73. The van der Waals surface area contributed by atoms with Gasteiger partial charge in [-0.15, -0.1) is 0 Å². The molecule has 6 nitrogen and oxygen atoms in total. The van der Waals surface area contributed by atoms with Crippen LogP contribution in [0.4, 0.5) is 9.18 Å². The van der Waals surface area contributed by atoms with Crippen LogP contribution in [0.25, 0.3) is 0 Å². The van der Waals surface area contributed by atoms with Gasteiger partial charge < -0.3 is 14.9 Å². The molecule has 2 saturated heterocycles. The monoisotopic (exact) mass is 363 g/mol. The van der Waals surface area contributed by atoms with Crippen LogP contribution >= 0.6 is 0 Å². The average Bonchev–Trinajstić information content (AvgIpc) is 2.61. The molecule has 7 heteroatoms. The second-order valence-corrected chi connectivity index (χ2v) is 7.21. The molecule has 3 rings (SSSR count). The van der Waals surface area contributed by atoms with E-state index in [1.54, 1.807) is 13.0 Å². The minimum absolute atomic E-state index is 0.102. The summed E-state index contributed by atoms with van der Waals surface area (Å²) in [5.41, 5.74) is 1.66. The van der Waals surface area contributed by atoms with Gasteiger partial charge in [-0.3, -0.25) is 9.69 Å². The smallest absolute Gasteiger partial charge is 0.407 e. The van der Waals surface area contributed by atoms with Crippen molar-refractivity contribution < 1.29 is 19.1 Å². The Labute approximate surface area is 153 Å². The molecule has 2 aliphatic rings. The Bertz CT molecular complexity index is 689. The number of hydrogen-bond acceptors (Lipinski definition) is 3. The maximum Gasteiger partial charge on any atom is 0.407 e. The van der Waals surface area contributed by atoms with Crippen molar-refractivity contribution in [2.45, 2.75) is 38.8 Å². The third kappa shape index (κ3) is 3.82. The lowest BCUT2D eigenvalue weighted by molar-refractivity contribution is -0.131. The quantitative estimate of drug-likeness (QED) is 0.877. The second-order valence-electron chi connectivity index (χ2n) is 7.21. The summed E-state index contributed by atoms with van der Waals surface area (Å²) in [6.07, 6.45) is 0.542. The predicted molar refractivity (Wildman–Crippen MR) is 95.5 cm³/mol. The molecule has 0 saturated carbocycles. The van der Waals surface area contributed by atoms with E-state index >= 15 is 0 Å². The van der Waals surface area contributed by atoms with Crippen molar-refractivity contribution in [3.63, 3.8) is 0 Å². The van der Waals surface area contributed by atoms with Gasteiger partial charge >= 0.3 is 6.09 Å². The lowest BCUT2D eigenvalue weighted by Gasteiger charge is -2.45. The highest BCUT2D eigenvalue weighted by Crippen LogP contribution is 2.35. The summed E-state index contributed by atoms with van der Waals surface area (Å²) in [6, 6.07) is 4.58. The molecule has 142 valence electrons. The Morgan fingerprint density at radius 1 is 1.15 bits per heavy atom. The van der Waals surface area contributed by atoms with E-state index in [2.05, 4.69) is 4.90 Å². The third-order valence-electron chi connectivity index (χ3n) is 5.69. The van der Waals surface area contributed by atoms with Gasteiger partial charge in [0.05, 0.1) is 6.04 Å². The first kappa shape index (κ1) is 18.6. The maximum atomic E-state index is 13.5. The van der Waals surface area contributed by atoms with Gasteiger partial charge in [0.25, 0.3) is 0 Å².